The van der Waals surface area contributed by atoms with E-state index in [0.29, 0.717) is 5.82 Å². The third-order valence-corrected chi connectivity index (χ3v) is 3.84. The molecule has 0 radical (unpaired) electrons. The lowest BCUT2D eigenvalue weighted by Crippen LogP contribution is -2.00. The van der Waals surface area contributed by atoms with Crippen molar-refractivity contribution in [1.29, 1.82) is 0 Å². The molecule has 1 aromatic carbocycles. The van der Waals surface area contributed by atoms with Gasteiger partial charge in [0.1, 0.15) is 5.82 Å². The monoisotopic (exact) mass is 292 g/mol. The number of H-pyrrole nitrogens is 1. The SMILES string of the molecule is CCCn1ncc2c(N)nc3cc(-c4cc[nH]n4)ccc3c21. The summed E-state index contributed by atoms with van der Waals surface area (Å²) >= 11 is 0. The maximum Gasteiger partial charge on any atom is 0.135 e. The predicted molar refractivity (Wildman–Crippen MR) is 87.3 cm³/mol. The van der Waals surface area contributed by atoms with Crippen molar-refractivity contribution in [2.24, 2.45) is 0 Å². The number of aromatic amines is 1. The van der Waals surface area contributed by atoms with Crippen LogP contribution in [0, 0.1) is 0 Å². The largest absolute Gasteiger partial charge is 0.383 e. The van der Waals surface area contributed by atoms with Crippen LogP contribution < -0.4 is 5.73 Å². The van der Waals surface area contributed by atoms with E-state index in [1.54, 1.807) is 12.4 Å². The van der Waals surface area contributed by atoms with Gasteiger partial charge in [-0.1, -0.05) is 13.0 Å². The van der Waals surface area contributed by atoms with Gasteiger partial charge in [-0.2, -0.15) is 10.2 Å². The van der Waals surface area contributed by atoms with Crippen LogP contribution in [0.3, 0.4) is 0 Å². The summed E-state index contributed by atoms with van der Waals surface area (Å²) in [6.45, 7) is 3.00. The summed E-state index contributed by atoms with van der Waals surface area (Å²) in [7, 11) is 0. The van der Waals surface area contributed by atoms with Gasteiger partial charge in [0.15, 0.2) is 0 Å². The van der Waals surface area contributed by atoms with Crippen LogP contribution >= 0.6 is 0 Å². The van der Waals surface area contributed by atoms with Gasteiger partial charge in [0, 0.05) is 23.7 Å². The molecule has 0 atom stereocenters. The zero-order chi connectivity index (χ0) is 15.1. The number of nitrogen functional groups attached to an aromatic ring is 1. The van der Waals surface area contributed by atoms with Crippen molar-refractivity contribution in [3.05, 3.63) is 36.7 Å². The second-order valence-electron chi connectivity index (χ2n) is 5.32. The van der Waals surface area contributed by atoms with E-state index in [1.165, 1.54) is 0 Å². The summed E-state index contributed by atoms with van der Waals surface area (Å²) in [5.74, 6) is 0.518. The number of aryl methyl sites for hydroxylation is 1. The van der Waals surface area contributed by atoms with Gasteiger partial charge < -0.3 is 5.73 Å². The third kappa shape index (κ3) is 1.84. The second-order valence-corrected chi connectivity index (χ2v) is 5.32. The van der Waals surface area contributed by atoms with Crippen molar-refractivity contribution in [3.63, 3.8) is 0 Å². The maximum atomic E-state index is 6.11. The molecular weight excluding hydrogens is 276 g/mol. The number of benzene rings is 1. The van der Waals surface area contributed by atoms with Crippen LogP contribution in [0.15, 0.2) is 36.7 Å². The molecule has 6 heteroatoms. The number of hydrogen-bond acceptors (Lipinski definition) is 4. The number of anilines is 1. The van der Waals surface area contributed by atoms with Crippen molar-refractivity contribution < 1.29 is 0 Å². The summed E-state index contributed by atoms with van der Waals surface area (Å²) in [5.41, 5.74) is 9.94. The molecule has 0 amide bonds. The first-order chi connectivity index (χ1) is 10.8. The Morgan fingerprint density at radius 1 is 1.23 bits per heavy atom. The maximum absolute atomic E-state index is 6.11. The number of nitrogens with one attached hydrogen (secondary N) is 1. The van der Waals surface area contributed by atoms with Gasteiger partial charge >= 0.3 is 0 Å². The molecule has 0 saturated carbocycles. The molecule has 4 rings (SSSR count). The van der Waals surface area contributed by atoms with Crippen molar-refractivity contribution in [1.82, 2.24) is 25.0 Å². The number of aromatic nitrogens is 5. The molecular formula is C16H16N6. The molecule has 0 aliphatic carbocycles. The molecule has 3 aromatic heterocycles. The average molecular weight is 292 g/mol. The van der Waals surface area contributed by atoms with Crippen molar-refractivity contribution in [2.75, 3.05) is 5.73 Å². The normalized spacial score (nSPS) is 11.5. The number of rotatable bonds is 3. The van der Waals surface area contributed by atoms with Crippen molar-refractivity contribution >= 4 is 27.6 Å². The smallest absolute Gasteiger partial charge is 0.135 e. The summed E-state index contributed by atoms with van der Waals surface area (Å²) in [6, 6.07) is 8.08. The zero-order valence-electron chi connectivity index (χ0n) is 12.2. The van der Waals surface area contributed by atoms with Gasteiger partial charge in [0.2, 0.25) is 0 Å². The first kappa shape index (κ1) is 12.8. The lowest BCUT2D eigenvalue weighted by atomic mass is 10.1. The van der Waals surface area contributed by atoms with Gasteiger partial charge in [0.05, 0.1) is 28.3 Å². The van der Waals surface area contributed by atoms with Crippen LogP contribution in [0.1, 0.15) is 13.3 Å². The highest BCUT2D eigenvalue weighted by atomic mass is 15.3. The molecule has 0 aliphatic rings. The number of fused-ring (bicyclic) bond motifs is 3. The van der Waals surface area contributed by atoms with Gasteiger partial charge in [-0.25, -0.2) is 4.98 Å². The Hall–Kier alpha value is -2.89. The summed E-state index contributed by atoms with van der Waals surface area (Å²) in [6.07, 6.45) is 4.63. The molecule has 3 N–H and O–H groups in total. The minimum absolute atomic E-state index is 0.518. The van der Waals surface area contributed by atoms with E-state index in [4.69, 9.17) is 5.73 Å². The third-order valence-electron chi connectivity index (χ3n) is 3.84. The van der Waals surface area contributed by atoms with Crippen LogP contribution in [0.5, 0.6) is 0 Å². The molecule has 0 saturated heterocycles. The number of hydrogen-bond donors (Lipinski definition) is 2. The highest BCUT2D eigenvalue weighted by Gasteiger charge is 2.12. The van der Waals surface area contributed by atoms with E-state index in [0.717, 1.165) is 46.0 Å². The standard InChI is InChI=1S/C16H16N6/c1-2-7-22-15-11-4-3-10(13-5-6-18-21-13)8-14(11)20-16(17)12(15)9-19-22/h3-6,8-9H,2,7H2,1H3,(H2,17,20)(H,18,21). The fourth-order valence-electron chi connectivity index (χ4n) is 2.83. The molecule has 0 fully saturated rings. The van der Waals surface area contributed by atoms with E-state index in [1.807, 2.05) is 16.8 Å². The molecule has 0 aliphatic heterocycles. The second kappa shape index (κ2) is 4.84. The zero-order valence-corrected chi connectivity index (χ0v) is 12.2. The van der Waals surface area contributed by atoms with E-state index < -0.39 is 0 Å². The van der Waals surface area contributed by atoms with Crippen LogP contribution in [0.25, 0.3) is 33.1 Å². The minimum Gasteiger partial charge on any atom is -0.383 e. The fourth-order valence-corrected chi connectivity index (χ4v) is 2.83. The van der Waals surface area contributed by atoms with Gasteiger partial charge in [0.25, 0.3) is 0 Å². The predicted octanol–water partition coefficient (Wildman–Crippen LogP) is 2.97. The number of pyridine rings is 1. The minimum atomic E-state index is 0.518. The quantitative estimate of drug-likeness (QED) is 0.608. The number of nitrogens with zero attached hydrogens (tertiary/aromatic N) is 4. The van der Waals surface area contributed by atoms with Gasteiger partial charge in [-0.3, -0.25) is 9.78 Å². The molecule has 110 valence electrons. The Bertz CT molecular complexity index is 952. The van der Waals surface area contributed by atoms with Crippen LogP contribution in [-0.2, 0) is 6.54 Å². The lowest BCUT2D eigenvalue weighted by molar-refractivity contribution is 0.624. The fraction of sp³-hybridized carbons (Fsp3) is 0.188. The Morgan fingerprint density at radius 2 is 2.14 bits per heavy atom. The lowest BCUT2D eigenvalue weighted by Gasteiger charge is -2.07. The highest BCUT2D eigenvalue weighted by Crippen LogP contribution is 2.30. The van der Waals surface area contributed by atoms with E-state index in [2.05, 4.69) is 39.3 Å². The van der Waals surface area contributed by atoms with Gasteiger partial charge in [-0.05, 0) is 24.6 Å². The molecule has 0 spiro atoms. The summed E-state index contributed by atoms with van der Waals surface area (Å²) < 4.78 is 2.00. The molecule has 6 nitrogen and oxygen atoms in total. The molecule has 3 heterocycles. The van der Waals surface area contributed by atoms with Crippen molar-refractivity contribution in [2.45, 2.75) is 19.9 Å². The van der Waals surface area contributed by atoms with Crippen LogP contribution in [0.4, 0.5) is 5.82 Å². The molecule has 22 heavy (non-hydrogen) atoms. The Kier molecular flexibility index (Phi) is 2.82. The number of nitrogens with two attached hydrogens (primary N) is 1. The van der Waals surface area contributed by atoms with Crippen LogP contribution in [0.2, 0.25) is 0 Å². The Balaban J connectivity index is 2.02. The average Bonchev–Trinajstić information content (AvgIpc) is 3.17. The summed E-state index contributed by atoms with van der Waals surface area (Å²) in [5, 5.41) is 13.5. The van der Waals surface area contributed by atoms with E-state index >= 15 is 0 Å². The Morgan fingerprint density at radius 3 is 2.91 bits per heavy atom. The first-order valence-corrected chi connectivity index (χ1v) is 7.33. The molecule has 4 aromatic rings. The van der Waals surface area contributed by atoms with E-state index in [9.17, 15) is 0 Å². The topological polar surface area (TPSA) is 85.4 Å². The first-order valence-electron chi connectivity index (χ1n) is 7.33. The Labute approximate surface area is 127 Å². The molecule has 0 bridgehead atoms. The van der Waals surface area contributed by atoms with Gasteiger partial charge in [-0.15, -0.1) is 0 Å². The molecule has 0 unspecified atom stereocenters. The van der Waals surface area contributed by atoms with E-state index in [-0.39, 0.29) is 0 Å². The van der Waals surface area contributed by atoms with Crippen LogP contribution in [-0.4, -0.2) is 25.0 Å². The highest BCUT2D eigenvalue weighted by molar-refractivity contribution is 6.08. The van der Waals surface area contributed by atoms with Crippen molar-refractivity contribution in [3.8, 4) is 11.3 Å². The summed E-state index contributed by atoms with van der Waals surface area (Å²) in [4.78, 5) is 4.53.